The van der Waals surface area contributed by atoms with E-state index in [1.807, 2.05) is 12.1 Å². The number of halogens is 1. The Kier molecular flexibility index (Phi) is 7.80. The Morgan fingerprint density at radius 3 is 2.56 bits per heavy atom. The van der Waals surface area contributed by atoms with Crippen molar-refractivity contribution in [2.45, 2.75) is 26.3 Å². The summed E-state index contributed by atoms with van der Waals surface area (Å²) >= 11 is 5.99. The molecule has 1 atom stereocenters. The van der Waals surface area contributed by atoms with Crippen molar-refractivity contribution in [2.75, 3.05) is 59.4 Å². The molecule has 0 amide bonds. The van der Waals surface area contributed by atoms with Crippen LogP contribution in [-0.2, 0) is 6.54 Å². The first-order valence-corrected chi connectivity index (χ1v) is 10.7. The van der Waals surface area contributed by atoms with Gasteiger partial charge in [-0.05, 0) is 57.0 Å². The second kappa shape index (κ2) is 10.3. The Balaban J connectivity index is 1.50. The summed E-state index contributed by atoms with van der Waals surface area (Å²) in [5, 5.41) is 4.31. The molecule has 2 aliphatic rings. The lowest BCUT2D eigenvalue weighted by atomic mass is 9.99. The van der Waals surface area contributed by atoms with E-state index in [2.05, 4.69) is 46.1 Å². The van der Waals surface area contributed by atoms with Crippen molar-refractivity contribution in [1.82, 2.24) is 20.0 Å². The Bertz CT molecular complexity index is 595. The lowest BCUT2D eigenvalue weighted by molar-refractivity contribution is 0.171. The fourth-order valence-corrected chi connectivity index (χ4v) is 4.16. The first-order valence-electron chi connectivity index (χ1n) is 10.3. The van der Waals surface area contributed by atoms with Crippen LogP contribution in [0.4, 0.5) is 0 Å². The summed E-state index contributed by atoms with van der Waals surface area (Å²) in [6, 6.07) is 8.21. The normalized spacial score (nSPS) is 22.9. The first-order chi connectivity index (χ1) is 13.1. The second-order valence-corrected chi connectivity index (χ2v) is 8.29. The molecule has 0 saturated carbocycles. The number of hydrogen-bond acceptors (Lipinski definition) is 3. The summed E-state index contributed by atoms with van der Waals surface area (Å²) in [6.45, 7) is 11.6. The monoisotopic (exact) mass is 391 g/mol. The number of benzene rings is 1. The minimum atomic E-state index is 0.698. The van der Waals surface area contributed by atoms with E-state index in [1.54, 1.807) is 0 Å². The SMILES string of the molecule is CCNC(=NCC1CCCN(C)C1)N1CCN(Cc2ccc(Cl)cc2)CC1. The predicted octanol–water partition coefficient (Wildman–Crippen LogP) is 2.76. The van der Waals surface area contributed by atoms with Gasteiger partial charge < -0.3 is 15.1 Å². The maximum Gasteiger partial charge on any atom is 0.194 e. The Morgan fingerprint density at radius 1 is 1.15 bits per heavy atom. The van der Waals surface area contributed by atoms with Crippen LogP contribution in [0.2, 0.25) is 5.02 Å². The topological polar surface area (TPSA) is 34.1 Å². The van der Waals surface area contributed by atoms with Crippen LogP contribution in [0.15, 0.2) is 29.3 Å². The van der Waals surface area contributed by atoms with Crippen molar-refractivity contribution in [3.05, 3.63) is 34.9 Å². The largest absolute Gasteiger partial charge is 0.357 e. The van der Waals surface area contributed by atoms with E-state index in [4.69, 9.17) is 16.6 Å². The maximum absolute atomic E-state index is 5.99. The van der Waals surface area contributed by atoms with Crippen molar-refractivity contribution in [3.8, 4) is 0 Å². The number of likely N-dealkylation sites (tertiary alicyclic amines) is 1. The Hall–Kier alpha value is -1.30. The highest BCUT2D eigenvalue weighted by atomic mass is 35.5. The maximum atomic E-state index is 5.99. The molecular weight excluding hydrogens is 358 g/mol. The van der Waals surface area contributed by atoms with Gasteiger partial charge in [0, 0.05) is 57.4 Å². The third kappa shape index (κ3) is 6.37. The van der Waals surface area contributed by atoms with Crippen LogP contribution in [0.5, 0.6) is 0 Å². The molecular formula is C21H34ClN5. The number of nitrogens with one attached hydrogen (secondary N) is 1. The van der Waals surface area contributed by atoms with Crippen molar-refractivity contribution in [3.63, 3.8) is 0 Å². The molecule has 0 bridgehead atoms. The summed E-state index contributed by atoms with van der Waals surface area (Å²) in [7, 11) is 2.22. The van der Waals surface area contributed by atoms with E-state index in [9.17, 15) is 0 Å². The number of piperidine rings is 1. The number of rotatable bonds is 5. The summed E-state index contributed by atoms with van der Waals surface area (Å²) in [5.74, 6) is 1.79. The number of hydrogen-bond donors (Lipinski definition) is 1. The van der Waals surface area contributed by atoms with Gasteiger partial charge in [0.15, 0.2) is 5.96 Å². The molecule has 0 aromatic heterocycles. The van der Waals surface area contributed by atoms with Gasteiger partial charge in [-0.1, -0.05) is 23.7 Å². The average Bonchev–Trinajstić information content (AvgIpc) is 2.68. The number of nitrogens with zero attached hydrogens (tertiary/aromatic N) is 4. The van der Waals surface area contributed by atoms with Crippen molar-refractivity contribution in [1.29, 1.82) is 0 Å². The summed E-state index contributed by atoms with van der Waals surface area (Å²) in [4.78, 5) is 12.4. The molecule has 1 aromatic carbocycles. The van der Waals surface area contributed by atoms with Gasteiger partial charge in [-0.15, -0.1) is 0 Å². The van der Waals surface area contributed by atoms with Crippen molar-refractivity contribution < 1.29 is 0 Å². The first kappa shape index (κ1) is 20.4. The average molecular weight is 392 g/mol. The van der Waals surface area contributed by atoms with Gasteiger partial charge in [0.05, 0.1) is 0 Å². The molecule has 2 heterocycles. The summed E-state index contributed by atoms with van der Waals surface area (Å²) < 4.78 is 0. The number of piperazine rings is 1. The van der Waals surface area contributed by atoms with Crippen LogP contribution >= 0.6 is 11.6 Å². The van der Waals surface area contributed by atoms with Gasteiger partial charge in [-0.2, -0.15) is 0 Å². The third-order valence-corrected chi connectivity index (χ3v) is 5.80. The van der Waals surface area contributed by atoms with Gasteiger partial charge in [-0.25, -0.2) is 0 Å². The van der Waals surface area contributed by atoms with Crippen LogP contribution in [0.3, 0.4) is 0 Å². The van der Waals surface area contributed by atoms with Crippen LogP contribution in [-0.4, -0.2) is 80.1 Å². The molecule has 2 saturated heterocycles. The minimum Gasteiger partial charge on any atom is -0.357 e. The lowest BCUT2D eigenvalue weighted by Crippen LogP contribution is -2.52. The minimum absolute atomic E-state index is 0.698. The fraction of sp³-hybridized carbons (Fsp3) is 0.667. The molecule has 6 heteroatoms. The van der Waals surface area contributed by atoms with E-state index in [0.717, 1.165) is 56.8 Å². The second-order valence-electron chi connectivity index (χ2n) is 7.85. The molecule has 150 valence electrons. The molecule has 1 unspecified atom stereocenters. The molecule has 3 rings (SSSR count). The molecule has 0 radical (unpaired) electrons. The highest BCUT2D eigenvalue weighted by Crippen LogP contribution is 2.16. The molecule has 5 nitrogen and oxygen atoms in total. The molecule has 2 fully saturated rings. The highest BCUT2D eigenvalue weighted by Gasteiger charge is 2.21. The van der Waals surface area contributed by atoms with E-state index >= 15 is 0 Å². The molecule has 1 N–H and O–H groups in total. The predicted molar refractivity (Wildman–Crippen MR) is 115 cm³/mol. The smallest absolute Gasteiger partial charge is 0.194 e. The zero-order chi connectivity index (χ0) is 19.1. The van der Waals surface area contributed by atoms with Gasteiger partial charge in [0.2, 0.25) is 0 Å². The van der Waals surface area contributed by atoms with E-state index in [0.29, 0.717) is 5.92 Å². The fourth-order valence-electron chi connectivity index (χ4n) is 4.03. The third-order valence-electron chi connectivity index (χ3n) is 5.55. The van der Waals surface area contributed by atoms with Gasteiger partial charge >= 0.3 is 0 Å². The van der Waals surface area contributed by atoms with Crippen molar-refractivity contribution in [2.24, 2.45) is 10.9 Å². The zero-order valence-electron chi connectivity index (χ0n) is 16.8. The van der Waals surface area contributed by atoms with Crippen LogP contribution < -0.4 is 5.32 Å². The molecule has 27 heavy (non-hydrogen) atoms. The van der Waals surface area contributed by atoms with E-state index < -0.39 is 0 Å². The van der Waals surface area contributed by atoms with Gasteiger partial charge in [-0.3, -0.25) is 9.89 Å². The zero-order valence-corrected chi connectivity index (χ0v) is 17.6. The van der Waals surface area contributed by atoms with Crippen LogP contribution in [0.1, 0.15) is 25.3 Å². The lowest BCUT2D eigenvalue weighted by Gasteiger charge is -2.37. The van der Waals surface area contributed by atoms with Gasteiger partial charge in [0.1, 0.15) is 0 Å². The molecule has 0 spiro atoms. The standard InChI is InChI=1S/C21H34ClN5/c1-3-23-21(24-15-19-5-4-10-25(2)16-19)27-13-11-26(12-14-27)17-18-6-8-20(22)9-7-18/h6-9,19H,3-5,10-17H2,1-2H3,(H,23,24). The van der Waals surface area contributed by atoms with Crippen LogP contribution in [0.25, 0.3) is 0 Å². The van der Waals surface area contributed by atoms with E-state index in [-0.39, 0.29) is 0 Å². The molecule has 2 aliphatic heterocycles. The van der Waals surface area contributed by atoms with E-state index in [1.165, 1.54) is 31.5 Å². The summed E-state index contributed by atoms with van der Waals surface area (Å²) in [6.07, 6.45) is 2.61. The van der Waals surface area contributed by atoms with Crippen LogP contribution in [0, 0.1) is 5.92 Å². The number of guanidine groups is 1. The quantitative estimate of drug-likeness (QED) is 0.618. The highest BCUT2D eigenvalue weighted by molar-refractivity contribution is 6.30. The Morgan fingerprint density at radius 2 is 1.89 bits per heavy atom. The summed E-state index contributed by atoms with van der Waals surface area (Å²) in [5.41, 5.74) is 1.33. The molecule has 1 aromatic rings. The van der Waals surface area contributed by atoms with Gasteiger partial charge in [0.25, 0.3) is 0 Å². The molecule has 0 aliphatic carbocycles. The Labute approximate surface area is 169 Å². The number of aliphatic imine (C=N–C) groups is 1. The van der Waals surface area contributed by atoms with Crippen molar-refractivity contribution >= 4 is 17.6 Å².